The Morgan fingerprint density at radius 3 is 2.83 bits per heavy atom. The second kappa shape index (κ2) is 5.58. The number of anilines is 1. The van der Waals surface area contributed by atoms with E-state index in [0.29, 0.717) is 31.6 Å². The van der Waals surface area contributed by atoms with E-state index >= 15 is 0 Å². The molecule has 0 N–H and O–H groups in total. The van der Waals surface area contributed by atoms with Crippen LogP contribution in [-0.2, 0) is 4.79 Å². The summed E-state index contributed by atoms with van der Waals surface area (Å²) in [4.78, 5) is 29.7. The van der Waals surface area contributed by atoms with Crippen molar-refractivity contribution in [2.75, 3.05) is 38.6 Å². The number of likely N-dealkylation sites (tertiary alicyclic amines) is 1. The van der Waals surface area contributed by atoms with Gasteiger partial charge in [0.2, 0.25) is 5.91 Å². The summed E-state index contributed by atoms with van der Waals surface area (Å²) in [6.07, 6.45) is 1.30. The Balaban J connectivity index is 1.78. The van der Waals surface area contributed by atoms with Gasteiger partial charge in [0.1, 0.15) is 0 Å². The summed E-state index contributed by atoms with van der Waals surface area (Å²) in [6, 6.07) is 9.23. The van der Waals surface area contributed by atoms with Gasteiger partial charge < -0.3 is 14.7 Å². The third-order valence-corrected chi connectivity index (χ3v) is 4.70. The van der Waals surface area contributed by atoms with Crippen molar-refractivity contribution in [3.63, 3.8) is 0 Å². The molecule has 2 aliphatic rings. The molecule has 0 unspecified atom stereocenters. The Kier molecular flexibility index (Phi) is 3.72. The molecule has 1 aromatic carbocycles. The molecule has 1 atom stereocenters. The lowest BCUT2D eigenvalue weighted by Crippen LogP contribution is -2.39. The largest absolute Gasteiger partial charge is 0.331 e. The summed E-state index contributed by atoms with van der Waals surface area (Å²) in [6.45, 7) is 1.92. The molecule has 2 aliphatic heterocycles. The number of rotatable bonds is 1. The van der Waals surface area contributed by atoms with E-state index in [9.17, 15) is 9.59 Å². The summed E-state index contributed by atoms with van der Waals surface area (Å²) in [7, 11) is 3.49. The van der Waals surface area contributed by atoms with Crippen LogP contribution in [0.1, 0.15) is 18.4 Å². The smallest absolute Gasteiger partial charge is 0.319 e. The molecule has 6 heteroatoms. The molecule has 2 fully saturated rings. The Hall–Kier alpha value is -2.55. The number of nitrogens with zero attached hydrogens (tertiary/aromatic N) is 4. The Morgan fingerprint density at radius 2 is 2.13 bits per heavy atom. The van der Waals surface area contributed by atoms with Crippen LogP contribution in [0.5, 0.6) is 0 Å². The zero-order valence-electron chi connectivity index (χ0n) is 13.5. The second-order valence-corrected chi connectivity index (χ2v) is 6.67. The van der Waals surface area contributed by atoms with Crippen molar-refractivity contribution in [3.8, 4) is 6.07 Å². The van der Waals surface area contributed by atoms with Crippen LogP contribution in [0.4, 0.5) is 10.5 Å². The van der Waals surface area contributed by atoms with Crippen LogP contribution in [0.15, 0.2) is 24.3 Å². The number of hydrogen-bond donors (Lipinski definition) is 0. The fourth-order valence-electron chi connectivity index (χ4n) is 3.53. The molecule has 2 heterocycles. The van der Waals surface area contributed by atoms with Gasteiger partial charge in [-0.05, 0) is 24.6 Å². The van der Waals surface area contributed by atoms with Crippen LogP contribution >= 0.6 is 0 Å². The molecule has 6 nitrogen and oxygen atoms in total. The lowest BCUT2D eigenvalue weighted by atomic mass is 9.86. The van der Waals surface area contributed by atoms with Gasteiger partial charge in [-0.1, -0.05) is 6.07 Å². The summed E-state index contributed by atoms with van der Waals surface area (Å²) < 4.78 is 0. The lowest BCUT2D eigenvalue weighted by molar-refractivity contribution is -0.117. The van der Waals surface area contributed by atoms with Crippen LogP contribution in [0.2, 0.25) is 0 Å². The average Bonchev–Trinajstić information content (AvgIpc) is 3.10. The molecular weight excluding hydrogens is 292 g/mol. The number of urea groups is 1. The predicted molar refractivity (Wildman–Crippen MR) is 85.8 cm³/mol. The first-order valence-electron chi connectivity index (χ1n) is 7.71. The van der Waals surface area contributed by atoms with Gasteiger partial charge >= 0.3 is 6.03 Å². The van der Waals surface area contributed by atoms with E-state index in [1.54, 1.807) is 42.1 Å². The van der Waals surface area contributed by atoms with E-state index in [2.05, 4.69) is 6.07 Å². The van der Waals surface area contributed by atoms with E-state index in [4.69, 9.17) is 5.26 Å². The SMILES string of the molecule is CN(C)C(=O)N1CC[C@]2(CC(=O)N(c3cccc(C#N)c3)C2)C1. The highest BCUT2D eigenvalue weighted by atomic mass is 16.2. The molecule has 0 aromatic heterocycles. The fourth-order valence-corrected chi connectivity index (χ4v) is 3.53. The maximum Gasteiger partial charge on any atom is 0.319 e. The minimum atomic E-state index is -0.161. The highest BCUT2D eigenvalue weighted by molar-refractivity contribution is 5.96. The first-order chi connectivity index (χ1) is 10.9. The van der Waals surface area contributed by atoms with E-state index < -0.39 is 0 Å². The number of benzene rings is 1. The number of hydrogen-bond acceptors (Lipinski definition) is 3. The monoisotopic (exact) mass is 312 g/mol. The first-order valence-corrected chi connectivity index (χ1v) is 7.71. The van der Waals surface area contributed by atoms with Gasteiger partial charge in [-0.3, -0.25) is 4.79 Å². The molecule has 120 valence electrons. The summed E-state index contributed by atoms with van der Waals surface area (Å²) in [5.41, 5.74) is 1.15. The second-order valence-electron chi connectivity index (χ2n) is 6.67. The molecule has 0 bridgehead atoms. The zero-order chi connectivity index (χ0) is 16.6. The molecule has 23 heavy (non-hydrogen) atoms. The van der Waals surface area contributed by atoms with E-state index in [1.807, 2.05) is 11.0 Å². The zero-order valence-corrected chi connectivity index (χ0v) is 13.5. The molecule has 3 rings (SSSR count). The van der Waals surface area contributed by atoms with Crippen molar-refractivity contribution in [1.29, 1.82) is 5.26 Å². The van der Waals surface area contributed by atoms with Gasteiger partial charge in [0.25, 0.3) is 0 Å². The molecular formula is C17H20N4O2. The fraction of sp³-hybridized carbons (Fsp3) is 0.471. The average molecular weight is 312 g/mol. The van der Waals surface area contributed by atoms with Crippen LogP contribution in [0.25, 0.3) is 0 Å². The Bertz CT molecular complexity index is 694. The van der Waals surface area contributed by atoms with Crippen molar-refractivity contribution in [2.24, 2.45) is 5.41 Å². The van der Waals surface area contributed by atoms with Crippen molar-refractivity contribution in [3.05, 3.63) is 29.8 Å². The molecule has 1 aromatic rings. The third kappa shape index (κ3) is 2.74. The van der Waals surface area contributed by atoms with Crippen molar-refractivity contribution in [1.82, 2.24) is 9.80 Å². The van der Waals surface area contributed by atoms with E-state index in [0.717, 1.165) is 12.1 Å². The number of amides is 3. The highest BCUT2D eigenvalue weighted by Gasteiger charge is 2.49. The van der Waals surface area contributed by atoms with Crippen LogP contribution in [0.3, 0.4) is 0 Å². The number of carbonyl (C=O) groups excluding carboxylic acids is 2. The lowest BCUT2D eigenvalue weighted by Gasteiger charge is -2.25. The van der Waals surface area contributed by atoms with Crippen molar-refractivity contribution >= 4 is 17.6 Å². The normalized spacial score (nSPS) is 23.4. The van der Waals surface area contributed by atoms with Crippen LogP contribution in [0, 0.1) is 16.7 Å². The predicted octanol–water partition coefficient (Wildman–Crippen LogP) is 1.67. The van der Waals surface area contributed by atoms with Gasteiger partial charge in [0.05, 0.1) is 11.6 Å². The number of nitriles is 1. The van der Waals surface area contributed by atoms with E-state index in [1.165, 1.54) is 0 Å². The maximum atomic E-state index is 12.5. The first kappa shape index (κ1) is 15.3. The number of carbonyl (C=O) groups is 2. The van der Waals surface area contributed by atoms with Crippen molar-refractivity contribution < 1.29 is 9.59 Å². The van der Waals surface area contributed by atoms with Crippen LogP contribution in [-0.4, -0.2) is 55.5 Å². The quantitative estimate of drug-likeness (QED) is 0.792. The summed E-state index contributed by atoms with van der Waals surface area (Å²) >= 11 is 0. The molecule has 3 amide bonds. The third-order valence-electron chi connectivity index (χ3n) is 4.70. The minimum Gasteiger partial charge on any atom is -0.331 e. The van der Waals surface area contributed by atoms with Crippen LogP contribution < -0.4 is 4.90 Å². The van der Waals surface area contributed by atoms with Gasteiger partial charge in [0.15, 0.2) is 0 Å². The van der Waals surface area contributed by atoms with E-state index in [-0.39, 0.29) is 17.4 Å². The summed E-state index contributed by atoms with van der Waals surface area (Å²) in [5, 5.41) is 9.02. The Morgan fingerprint density at radius 1 is 1.35 bits per heavy atom. The van der Waals surface area contributed by atoms with Gasteiger partial charge in [0, 0.05) is 51.3 Å². The highest BCUT2D eigenvalue weighted by Crippen LogP contribution is 2.42. The summed E-state index contributed by atoms with van der Waals surface area (Å²) in [5.74, 6) is 0.0687. The van der Waals surface area contributed by atoms with Gasteiger partial charge in [-0.2, -0.15) is 5.26 Å². The Labute approximate surface area is 135 Å². The molecule has 2 saturated heterocycles. The maximum absolute atomic E-state index is 12.5. The molecule has 0 saturated carbocycles. The topological polar surface area (TPSA) is 67.7 Å². The standard InChI is InChI=1S/C17H20N4O2/c1-19(2)16(23)20-7-6-17(11-20)9-15(22)21(12-17)14-5-3-4-13(8-14)10-18/h3-5,8H,6-7,9,11-12H2,1-2H3/t17-/m0/s1. The van der Waals surface area contributed by atoms with Gasteiger partial charge in [-0.25, -0.2) is 4.79 Å². The molecule has 0 radical (unpaired) electrons. The molecule has 1 spiro atoms. The van der Waals surface area contributed by atoms with Crippen molar-refractivity contribution in [2.45, 2.75) is 12.8 Å². The minimum absolute atomic E-state index is 0.000693. The molecule has 0 aliphatic carbocycles. The van der Waals surface area contributed by atoms with Gasteiger partial charge in [-0.15, -0.1) is 0 Å².